The van der Waals surface area contributed by atoms with Crippen LogP contribution in [-0.2, 0) is 26.7 Å². The van der Waals surface area contributed by atoms with Crippen molar-refractivity contribution < 1.29 is 13.2 Å². The first-order valence-corrected chi connectivity index (χ1v) is 10.5. The van der Waals surface area contributed by atoms with Crippen molar-refractivity contribution in [1.82, 2.24) is 9.21 Å². The Morgan fingerprint density at radius 1 is 1.12 bits per heavy atom. The maximum atomic E-state index is 12.6. The van der Waals surface area contributed by atoms with E-state index in [-0.39, 0.29) is 17.1 Å². The van der Waals surface area contributed by atoms with Crippen LogP contribution in [0.5, 0.6) is 0 Å². The predicted molar refractivity (Wildman–Crippen MR) is 101 cm³/mol. The van der Waals surface area contributed by atoms with Gasteiger partial charge in [-0.1, -0.05) is 39.0 Å². The van der Waals surface area contributed by atoms with Gasteiger partial charge in [0.15, 0.2) is 0 Å². The largest absolute Gasteiger partial charge is 0.340 e. The second-order valence-electron chi connectivity index (χ2n) is 7.75. The van der Waals surface area contributed by atoms with Crippen LogP contribution in [0.15, 0.2) is 18.2 Å². The Balaban J connectivity index is 2.00. The van der Waals surface area contributed by atoms with Crippen LogP contribution < -0.4 is 0 Å². The number of carbonyl (C=O) groups excluding carboxylic acids is 1. The summed E-state index contributed by atoms with van der Waals surface area (Å²) in [4.78, 5) is 14.4. The topological polar surface area (TPSA) is 57.7 Å². The molecule has 5 nitrogen and oxygen atoms in total. The van der Waals surface area contributed by atoms with Crippen LogP contribution in [0.1, 0.15) is 44.4 Å². The highest BCUT2D eigenvalue weighted by atomic mass is 32.2. The van der Waals surface area contributed by atoms with Crippen LogP contribution in [0, 0.1) is 6.92 Å². The summed E-state index contributed by atoms with van der Waals surface area (Å²) in [7, 11) is -3.16. The molecule has 0 spiro atoms. The normalized spacial score (nSPS) is 16.9. The van der Waals surface area contributed by atoms with E-state index >= 15 is 0 Å². The van der Waals surface area contributed by atoms with Crippen molar-refractivity contribution in [3.8, 4) is 0 Å². The van der Waals surface area contributed by atoms with Gasteiger partial charge in [0.2, 0.25) is 15.9 Å². The van der Waals surface area contributed by atoms with E-state index in [1.165, 1.54) is 9.87 Å². The van der Waals surface area contributed by atoms with Gasteiger partial charge in [0.05, 0.1) is 12.2 Å². The number of hydrogen-bond acceptors (Lipinski definition) is 3. The minimum absolute atomic E-state index is 0.0696. The molecule has 1 saturated heterocycles. The lowest BCUT2D eigenvalue weighted by molar-refractivity contribution is -0.131. The average molecular weight is 367 g/mol. The lowest BCUT2D eigenvalue weighted by Crippen LogP contribution is -2.51. The summed E-state index contributed by atoms with van der Waals surface area (Å²) < 4.78 is 25.3. The molecule has 6 heteroatoms. The average Bonchev–Trinajstić information content (AvgIpc) is 2.55. The van der Waals surface area contributed by atoms with E-state index in [4.69, 9.17) is 0 Å². The van der Waals surface area contributed by atoms with Crippen molar-refractivity contribution >= 4 is 15.9 Å². The number of nitrogens with zero attached hydrogens (tertiary/aromatic N) is 2. The fraction of sp³-hybridized carbons (Fsp3) is 0.632. The Bertz CT molecular complexity index is 728. The molecule has 0 bridgehead atoms. The molecule has 1 amide bonds. The van der Waals surface area contributed by atoms with Crippen molar-refractivity contribution in [2.75, 3.05) is 31.9 Å². The third-order valence-corrected chi connectivity index (χ3v) is 6.78. The maximum Gasteiger partial charge on any atom is 0.227 e. The van der Waals surface area contributed by atoms with Crippen LogP contribution in [0.3, 0.4) is 0 Å². The van der Waals surface area contributed by atoms with Gasteiger partial charge < -0.3 is 4.90 Å². The minimum atomic E-state index is -3.16. The molecule has 1 aliphatic rings. The van der Waals surface area contributed by atoms with Gasteiger partial charge >= 0.3 is 0 Å². The zero-order chi connectivity index (χ0) is 18.8. The Morgan fingerprint density at radius 2 is 1.72 bits per heavy atom. The van der Waals surface area contributed by atoms with Crippen LogP contribution in [0.4, 0.5) is 0 Å². The summed E-state index contributed by atoms with van der Waals surface area (Å²) in [5.74, 6) is 0.181. The lowest BCUT2D eigenvalue weighted by atomic mass is 9.85. The van der Waals surface area contributed by atoms with E-state index in [1.807, 2.05) is 13.0 Å². The molecule has 0 N–H and O–H groups in total. The van der Waals surface area contributed by atoms with Crippen LogP contribution in [0.25, 0.3) is 0 Å². The predicted octanol–water partition coefficient (Wildman–Crippen LogP) is 2.33. The summed E-state index contributed by atoms with van der Waals surface area (Å²) >= 11 is 0. The fourth-order valence-electron chi connectivity index (χ4n) is 3.03. The highest BCUT2D eigenvalue weighted by Gasteiger charge is 2.27. The summed E-state index contributed by atoms with van der Waals surface area (Å²) in [5.41, 5.74) is 3.53. The van der Waals surface area contributed by atoms with E-state index in [1.54, 1.807) is 11.8 Å². The minimum Gasteiger partial charge on any atom is -0.340 e. The van der Waals surface area contributed by atoms with Crippen molar-refractivity contribution in [3.63, 3.8) is 0 Å². The molecule has 0 radical (unpaired) electrons. The number of piperazine rings is 1. The van der Waals surface area contributed by atoms with Crippen LogP contribution in [-0.4, -0.2) is 55.5 Å². The van der Waals surface area contributed by atoms with E-state index < -0.39 is 10.0 Å². The van der Waals surface area contributed by atoms with Gasteiger partial charge in [0.1, 0.15) is 0 Å². The molecule has 140 valence electrons. The van der Waals surface area contributed by atoms with Crippen molar-refractivity contribution in [1.29, 1.82) is 0 Å². The number of sulfonamides is 1. The number of carbonyl (C=O) groups is 1. The quantitative estimate of drug-likeness (QED) is 0.822. The first-order chi connectivity index (χ1) is 11.5. The van der Waals surface area contributed by atoms with E-state index in [0.29, 0.717) is 32.6 Å². The molecule has 0 saturated carbocycles. The summed E-state index contributed by atoms with van der Waals surface area (Å²) in [6, 6.07) is 6.31. The van der Waals surface area contributed by atoms with Crippen molar-refractivity contribution in [2.24, 2.45) is 0 Å². The molecule has 1 aromatic carbocycles. The van der Waals surface area contributed by atoms with Gasteiger partial charge in [-0.05, 0) is 36.0 Å². The molecule has 1 aromatic rings. The smallest absolute Gasteiger partial charge is 0.227 e. The Morgan fingerprint density at radius 3 is 2.20 bits per heavy atom. The summed E-state index contributed by atoms with van der Waals surface area (Å²) in [6.07, 6.45) is 0.372. The molecule has 0 aliphatic carbocycles. The second-order valence-corrected chi connectivity index (χ2v) is 10.0. The molecule has 1 heterocycles. The lowest BCUT2D eigenvalue weighted by Gasteiger charge is -2.34. The van der Waals surface area contributed by atoms with Gasteiger partial charge in [-0.3, -0.25) is 4.79 Å². The van der Waals surface area contributed by atoms with Gasteiger partial charge in [-0.25, -0.2) is 8.42 Å². The SMILES string of the molecule is CCS(=O)(=O)N1CCN(C(=O)Cc2ccc(C(C)(C)C)cc2C)CC1. The molecule has 0 aromatic heterocycles. The Kier molecular flexibility index (Phi) is 5.94. The molecule has 0 atom stereocenters. The van der Waals surface area contributed by atoms with Gasteiger partial charge in [-0.2, -0.15) is 4.31 Å². The fourth-order valence-corrected chi connectivity index (χ4v) is 4.12. The molecular weight excluding hydrogens is 336 g/mol. The standard InChI is InChI=1S/C19H30N2O3S/c1-6-25(23,24)21-11-9-20(10-12-21)18(22)14-16-7-8-17(13-15(16)2)19(3,4)5/h7-8,13H,6,9-12,14H2,1-5H3. The van der Waals surface area contributed by atoms with Crippen molar-refractivity contribution in [2.45, 2.75) is 46.5 Å². The Hall–Kier alpha value is -1.40. The van der Waals surface area contributed by atoms with Crippen molar-refractivity contribution in [3.05, 3.63) is 34.9 Å². The van der Waals surface area contributed by atoms with Crippen LogP contribution in [0.2, 0.25) is 0 Å². The molecule has 25 heavy (non-hydrogen) atoms. The molecule has 0 unspecified atom stereocenters. The van der Waals surface area contributed by atoms with Gasteiger partial charge in [0, 0.05) is 26.2 Å². The molecule has 1 fully saturated rings. The highest BCUT2D eigenvalue weighted by molar-refractivity contribution is 7.89. The van der Waals surface area contributed by atoms with E-state index in [9.17, 15) is 13.2 Å². The second kappa shape index (κ2) is 7.46. The molecule has 1 aliphatic heterocycles. The summed E-state index contributed by atoms with van der Waals surface area (Å²) in [5, 5.41) is 0. The van der Waals surface area contributed by atoms with E-state index in [2.05, 4.69) is 32.9 Å². The number of benzene rings is 1. The molecular formula is C19H30N2O3S. The molecule has 2 rings (SSSR count). The summed E-state index contributed by atoms with van der Waals surface area (Å²) in [6.45, 7) is 12.0. The van der Waals surface area contributed by atoms with Gasteiger partial charge in [-0.15, -0.1) is 0 Å². The van der Waals surface area contributed by atoms with Gasteiger partial charge in [0.25, 0.3) is 0 Å². The number of hydrogen-bond donors (Lipinski definition) is 0. The maximum absolute atomic E-state index is 12.6. The highest BCUT2D eigenvalue weighted by Crippen LogP contribution is 2.24. The number of amides is 1. The van der Waals surface area contributed by atoms with E-state index in [0.717, 1.165) is 11.1 Å². The van der Waals surface area contributed by atoms with Crippen LogP contribution >= 0.6 is 0 Å². The zero-order valence-electron chi connectivity index (χ0n) is 16.0. The first-order valence-electron chi connectivity index (χ1n) is 8.90. The number of rotatable bonds is 4. The third-order valence-electron chi connectivity index (χ3n) is 4.90. The first kappa shape index (κ1) is 19.9. The Labute approximate surface area is 152 Å². The monoisotopic (exact) mass is 366 g/mol. The third kappa shape index (κ3) is 4.82. The number of aryl methyl sites for hydroxylation is 1. The zero-order valence-corrected chi connectivity index (χ0v) is 16.8.